The number of ether oxygens (including phenoxy) is 3. The molecule has 318 valence electrons. The fourth-order valence-corrected chi connectivity index (χ4v) is 7.53. The average molecular weight is 811 g/mol. The van der Waals surface area contributed by atoms with Crippen molar-refractivity contribution in [3.8, 4) is 22.4 Å². The summed E-state index contributed by atoms with van der Waals surface area (Å²) in [6, 6.07) is 17.7. The number of nitrogens with one attached hydrogen (secondary N) is 4. The van der Waals surface area contributed by atoms with Crippen molar-refractivity contribution in [3.63, 3.8) is 0 Å². The molecule has 2 aromatic heterocycles. The van der Waals surface area contributed by atoms with E-state index in [1.165, 1.54) is 7.11 Å². The van der Waals surface area contributed by atoms with Gasteiger partial charge in [0.1, 0.15) is 17.7 Å². The number of carbonyl (C=O) groups excluding carboxylic acids is 3. The van der Waals surface area contributed by atoms with Gasteiger partial charge in [-0.2, -0.15) is 0 Å². The number of alkyl carbamates (subject to hydrolysis) is 1. The minimum absolute atomic E-state index is 0.000564. The number of methoxy groups -OCH3 is 3. The summed E-state index contributed by atoms with van der Waals surface area (Å²) in [5.74, 6) is 1.30. The first-order chi connectivity index (χ1) is 28.3. The van der Waals surface area contributed by atoms with E-state index in [4.69, 9.17) is 24.2 Å². The molecule has 5 aromatic rings. The van der Waals surface area contributed by atoms with E-state index in [1.54, 1.807) is 19.1 Å². The van der Waals surface area contributed by atoms with Gasteiger partial charge in [-0.15, -0.1) is 0 Å². The summed E-state index contributed by atoms with van der Waals surface area (Å²) in [4.78, 5) is 59.9. The minimum Gasteiger partial charge on any atom is -0.453 e. The fraction of sp³-hybridized carbons (Fsp3) is 0.489. The normalized spacial score (nSPS) is 13.2. The molecule has 14 nitrogen and oxygen atoms in total. The Hall–Kier alpha value is -5.31. The Balaban J connectivity index is 1.34. The number of imidazole rings is 2. The highest BCUT2D eigenvalue weighted by atomic mass is 16.5. The highest BCUT2D eigenvalue weighted by Gasteiger charge is 2.30. The number of aromatic nitrogens is 4. The number of carbonyl (C=O) groups is 3. The number of nitrogens with zero attached hydrogens (tertiary/aromatic N) is 4. The van der Waals surface area contributed by atoms with E-state index in [2.05, 4.69) is 76.1 Å². The maximum absolute atomic E-state index is 13.9. The molecule has 0 saturated carbocycles. The fourth-order valence-electron chi connectivity index (χ4n) is 7.53. The summed E-state index contributed by atoms with van der Waals surface area (Å²) in [6.45, 7) is 16.4. The van der Waals surface area contributed by atoms with Crippen molar-refractivity contribution in [1.29, 1.82) is 0 Å². The van der Waals surface area contributed by atoms with Crippen molar-refractivity contribution in [2.45, 2.75) is 80.1 Å². The molecule has 4 N–H and O–H groups in total. The topological polar surface area (TPSA) is 167 Å². The molecule has 3 aromatic carbocycles. The lowest BCUT2D eigenvalue weighted by Gasteiger charge is -2.31. The molecular weight excluding hydrogens is 749 g/mol. The Labute approximate surface area is 347 Å². The van der Waals surface area contributed by atoms with Gasteiger partial charge in [-0.25, -0.2) is 14.8 Å². The number of fused-ring (bicyclic) bond motifs is 3. The van der Waals surface area contributed by atoms with E-state index in [0.717, 1.165) is 62.1 Å². The number of hydrogen-bond donors (Lipinski definition) is 4. The Morgan fingerprint density at radius 3 is 2.05 bits per heavy atom. The molecule has 59 heavy (non-hydrogen) atoms. The van der Waals surface area contributed by atoms with Gasteiger partial charge < -0.3 is 39.3 Å². The van der Waals surface area contributed by atoms with E-state index in [9.17, 15) is 14.4 Å². The molecule has 0 aliphatic carbocycles. The number of aryl methyl sites for hydroxylation is 1. The van der Waals surface area contributed by atoms with Crippen molar-refractivity contribution >= 4 is 39.7 Å². The summed E-state index contributed by atoms with van der Waals surface area (Å²) in [7, 11) is 4.57. The maximum Gasteiger partial charge on any atom is 0.407 e. The second-order valence-corrected chi connectivity index (χ2v) is 16.1. The number of rotatable bonds is 20. The van der Waals surface area contributed by atoms with Crippen LogP contribution in [0.5, 0.6) is 0 Å². The van der Waals surface area contributed by atoms with Gasteiger partial charge in [0.2, 0.25) is 11.8 Å². The summed E-state index contributed by atoms with van der Waals surface area (Å²) in [6.07, 6.45) is 0.124. The zero-order valence-electron chi connectivity index (χ0n) is 36.3. The van der Waals surface area contributed by atoms with E-state index < -0.39 is 18.2 Å². The zero-order valence-corrected chi connectivity index (χ0v) is 36.3. The monoisotopic (exact) mass is 810 g/mol. The minimum atomic E-state index is -0.712. The molecule has 0 radical (unpaired) electrons. The van der Waals surface area contributed by atoms with Crippen molar-refractivity contribution in [2.75, 3.05) is 47.8 Å². The lowest BCUT2D eigenvalue weighted by atomic mass is 9.99. The van der Waals surface area contributed by atoms with Crippen LogP contribution < -0.4 is 10.6 Å². The van der Waals surface area contributed by atoms with Crippen LogP contribution in [0.25, 0.3) is 44.2 Å². The quantitative estimate of drug-likeness (QED) is 0.0604. The van der Waals surface area contributed by atoms with Gasteiger partial charge in [-0.1, -0.05) is 84.0 Å². The van der Waals surface area contributed by atoms with Crippen molar-refractivity contribution in [1.82, 2.24) is 40.4 Å². The van der Waals surface area contributed by atoms with Crippen LogP contribution >= 0.6 is 0 Å². The number of benzene rings is 3. The molecule has 0 fully saturated rings. The highest BCUT2D eigenvalue weighted by molar-refractivity contribution is 6.05. The van der Waals surface area contributed by atoms with E-state index in [0.29, 0.717) is 32.1 Å². The third-order valence-electron chi connectivity index (χ3n) is 10.5. The second-order valence-electron chi connectivity index (χ2n) is 16.1. The van der Waals surface area contributed by atoms with Crippen LogP contribution in [0, 0.1) is 24.7 Å². The third kappa shape index (κ3) is 11.0. The van der Waals surface area contributed by atoms with Crippen LogP contribution in [-0.2, 0) is 36.9 Å². The first-order valence-corrected chi connectivity index (χ1v) is 20.5. The number of amides is 3. The van der Waals surface area contributed by atoms with Crippen LogP contribution in [0.15, 0.2) is 54.6 Å². The Morgan fingerprint density at radius 1 is 0.763 bits per heavy atom. The lowest BCUT2D eigenvalue weighted by molar-refractivity contribution is -0.137. The zero-order chi connectivity index (χ0) is 42.8. The molecule has 0 bridgehead atoms. The standard InChI is InChI=1S/C45H62N8O6/c1-11-20-52(44(55)40(28(4)5)51-45(56)59-10)23-37-47-30(7)41(49-37)32-14-12-31(13-15-32)33-16-18-35-34(21-33)17-19-36-42(35)50-38(48-36)24-53(22-29(6)25-57-8)43(54)39(27(2)3)46-26-58-9/h12-19,21,27-29,39-40,46H,11,20,22-26H2,1-10H3,(H,47,49)(H,48,50)(H,51,56). The van der Waals surface area contributed by atoms with Gasteiger partial charge in [0, 0.05) is 44.0 Å². The molecule has 14 heteroatoms. The number of aromatic amines is 2. The van der Waals surface area contributed by atoms with Gasteiger partial charge in [-0.05, 0) is 59.7 Å². The molecule has 0 aliphatic heterocycles. The highest BCUT2D eigenvalue weighted by Crippen LogP contribution is 2.31. The summed E-state index contributed by atoms with van der Waals surface area (Å²) in [5.41, 5.74) is 6.58. The van der Waals surface area contributed by atoms with E-state index in [-0.39, 0.29) is 42.8 Å². The molecule has 0 spiro atoms. The van der Waals surface area contributed by atoms with Crippen LogP contribution in [0.3, 0.4) is 0 Å². The second kappa shape index (κ2) is 20.6. The smallest absolute Gasteiger partial charge is 0.407 e. The van der Waals surface area contributed by atoms with Gasteiger partial charge in [0.25, 0.3) is 0 Å². The number of H-pyrrole nitrogens is 2. The molecule has 0 aliphatic rings. The maximum atomic E-state index is 13.9. The van der Waals surface area contributed by atoms with Crippen LogP contribution in [0.2, 0.25) is 0 Å². The van der Waals surface area contributed by atoms with Gasteiger partial charge in [-0.3, -0.25) is 14.9 Å². The Kier molecular flexibility index (Phi) is 15.6. The largest absolute Gasteiger partial charge is 0.453 e. The molecule has 0 saturated heterocycles. The van der Waals surface area contributed by atoms with Crippen LogP contribution in [-0.4, -0.2) is 107 Å². The average Bonchev–Trinajstić information content (AvgIpc) is 3.81. The SMILES string of the molecule is CCCN(Cc1nc(-c2ccc(-c3ccc4c(ccc5[nH]c(CN(CC(C)COC)C(=O)C(NCOC)C(C)C)nc54)c3)cc2)c(C)[nH]1)C(=O)C(NC(=O)OC)C(C)C. The Bertz CT molecular complexity index is 2180. The first kappa shape index (κ1) is 44.8. The molecule has 2 heterocycles. The van der Waals surface area contributed by atoms with Gasteiger partial charge in [0.15, 0.2) is 0 Å². The Morgan fingerprint density at radius 2 is 1.41 bits per heavy atom. The van der Waals surface area contributed by atoms with Crippen molar-refractivity contribution < 1.29 is 28.6 Å². The molecule has 5 rings (SSSR count). The third-order valence-corrected chi connectivity index (χ3v) is 10.5. The summed E-state index contributed by atoms with van der Waals surface area (Å²) in [5, 5.41) is 8.02. The first-order valence-electron chi connectivity index (χ1n) is 20.5. The molecule has 3 unspecified atom stereocenters. The summed E-state index contributed by atoms with van der Waals surface area (Å²) < 4.78 is 15.4. The summed E-state index contributed by atoms with van der Waals surface area (Å²) >= 11 is 0. The number of hydrogen-bond acceptors (Lipinski definition) is 9. The predicted octanol–water partition coefficient (Wildman–Crippen LogP) is 7.03. The van der Waals surface area contributed by atoms with E-state index in [1.807, 2.05) is 52.5 Å². The van der Waals surface area contributed by atoms with Crippen LogP contribution in [0.1, 0.15) is 65.3 Å². The van der Waals surface area contributed by atoms with Gasteiger partial charge in [0.05, 0.1) is 56.3 Å². The van der Waals surface area contributed by atoms with Crippen LogP contribution in [0.4, 0.5) is 4.79 Å². The van der Waals surface area contributed by atoms with Crippen molar-refractivity contribution in [2.24, 2.45) is 17.8 Å². The predicted molar refractivity (Wildman–Crippen MR) is 231 cm³/mol. The molecule has 3 amide bonds. The molecular formula is C45H62N8O6. The van der Waals surface area contributed by atoms with Crippen molar-refractivity contribution in [3.05, 3.63) is 71.9 Å². The van der Waals surface area contributed by atoms with E-state index >= 15 is 0 Å². The van der Waals surface area contributed by atoms with Gasteiger partial charge >= 0.3 is 6.09 Å². The molecule has 3 atom stereocenters. The lowest BCUT2D eigenvalue weighted by Crippen LogP contribution is -2.51.